The average molecular weight is 249 g/mol. The van der Waals surface area contributed by atoms with Crippen molar-refractivity contribution >= 4 is 6.09 Å². The number of carbonyl (C=O) groups is 1. The van der Waals surface area contributed by atoms with Crippen molar-refractivity contribution in [3.8, 4) is 12.3 Å². The summed E-state index contributed by atoms with van der Waals surface area (Å²) >= 11 is 0. The molecule has 1 N–H and O–H groups in total. The van der Waals surface area contributed by atoms with Crippen LogP contribution in [0.1, 0.15) is 59.3 Å². The minimum Gasteiger partial charge on any atom is -0.444 e. The Kier molecular flexibility index (Phi) is 3.09. The van der Waals surface area contributed by atoms with E-state index in [0.717, 1.165) is 38.5 Å². The highest BCUT2D eigenvalue weighted by molar-refractivity contribution is 5.69. The maximum Gasteiger partial charge on any atom is 0.408 e. The third-order valence-electron chi connectivity index (χ3n) is 4.32. The number of hydrogen-bond donors (Lipinski definition) is 1. The molecule has 0 unspecified atom stereocenters. The minimum atomic E-state index is -0.438. The molecule has 100 valence electrons. The fourth-order valence-corrected chi connectivity index (χ4v) is 3.11. The predicted octanol–water partition coefficient (Wildman–Crippen LogP) is 3.24. The van der Waals surface area contributed by atoms with Gasteiger partial charge in [0.05, 0.1) is 0 Å². The van der Waals surface area contributed by atoms with Gasteiger partial charge < -0.3 is 10.1 Å². The number of hydrogen-bond acceptors (Lipinski definition) is 2. The van der Waals surface area contributed by atoms with Crippen LogP contribution in [0.4, 0.5) is 4.79 Å². The normalized spacial score (nSPS) is 34.8. The summed E-state index contributed by atoms with van der Waals surface area (Å²) in [5.41, 5.74) is -0.398. The molecule has 0 spiro atoms. The molecular weight excluding hydrogens is 226 g/mol. The highest BCUT2D eigenvalue weighted by atomic mass is 16.6. The third kappa shape index (κ3) is 2.63. The second-order valence-electron chi connectivity index (χ2n) is 6.83. The van der Waals surface area contributed by atoms with Crippen LogP contribution in [0.3, 0.4) is 0 Å². The van der Waals surface area contributed by atoms with Crippen molar-refractivity contribution in [3.63, 3.8) is 0 Å². The smallest absolute Gasteiger partial charge is 0.408 e. The molecule has 0 radical (unpaired) electrons. The van der Waals surface area contributed by atoms with Crippen LogP contribution in [0, 0.1) is 17.8 Å². The van der Waals surface area contributed by atoms with Crippen LogP contribution in [0.5, 0.6) is 0 Å². The van der Waals surface area contributed by atoms with Crippen LogP contribution in [-0.4, -0.2) is 17.2 Å². The van der Waals surface area contributed by atoms with Gasteiger partial charge in [-0.1, -0.05) is 5.92 Å². The van der Waals surface area contributed by atoms with Gasteiger partial charge in [0.25, 0.3) is 0 Å². The van der Waals surface area contributed by atoms with E-state index in [9.17, 15) is 4.79 Å². The number of ether oxygens (including phenoxy) is 1. The van der Waals surface area contributed by atoms with E-state index >= 15 is 0 Å². The van der Waals surface area contributed by atoms with E-state index in [1.54, 1.807) is 0 Å². The van der Waals surface area contributed by atoms with Gasteiger partial charge >= 0.3 is 6.09 Å². The monoisotopic (exact) mass is 249 g/mol. The Morgan fingerprint density at radius 1 is 1.17 bits per heavy atom. The van der Waals surface area contributed by atoms with Crippen LogP contribution in [0.2, 0.25) is 0 Å². The first-order valence-corrected chi connectivity index (χ1v) is 6.77. The fraction of sp³-hybridized carbons (Fsp3) is 0.800. The Bertz CT molecular complexity index is 362. The zero-order chi connectivity index (χ0) is 13.4. The molecule has 0 aromatic carbocycles. The number of nitrogens with one attached hydrogen (secondary N) is 1. The van der Waals surface area contributed by atoms with Crippen LogP contribution >= 0.6 is 0 Å². The number of terminal acetylenes is 1. The van der Waals surface area contributed by atoms with Gasteiger partial charge in [-0.05, 0) is 59.3 Å². The topological polar surface area (TPSA) is 38.3 Å². The van der Waals surface area contributed by atoms with Gasteiger partial charge in [-0.15, -0.1) is 6.42 Å². The lowest BCUT2D eigenvalue weighted by atomic mass is 9.58. The van der Waals surface area contributed by atoms with Crippen LogP contribution in [0.25, 0.3) is 0 Å². The molecule has 0 aromatic rings. The van der Waals surface area contributed by atoms with Crippen molar-refractivity contribution in [3.05, 3.63) is 0 Å². The molecule has 2 bridgehead atoms. The van der Waals surface area contributed by atoms with E-state index in [1.807, 2.05) is 20.8 Å². The fourth-order valence-electron chi connectivity index (χ4n) is 3.11. The summed E-state index contributed by atoms with van der Waals surface area (Å²) in [5, 5.41) is 3.09. The Labute approximate surface area is 110 Å². The van der Waals surface area contributed by atoms with Crippen LogP contribution in [0.15, 0.2) is 0 Å². The summed E-state index contributed by atoms with van der Waals surface area (Å²) in [5.74, 6) is 2.97. The zero-order valence-electron chi connectivity index (χ0n) is 11.6. The van der Waals surface area contributed by atoms with Crippen molar-refractivity contribution in [1.29, 1.82) is 0 Å². The SMILES string of the molecule is C#CC12CCC(NC(=O)OC(C)(C)C)(CC1)CC2. The second-order valence-corrected chi connectivity index (χ2v) is 6.83. The lowest BCUT2D eigenvalue weighted by molar-refractivity contribution is 0.0220. The van der Waals surface area contributed by atoms with E-state index in [1.165, 1.54) is 0 Å². The number of carbonyl (C=O) groups excluding carboxylic acids is 1. The first-order chi connectivity index (χ1) is 8.28. The van der Waals surface area contributed by atoms with E-state index in [4.69, 9.17) is 11.2 Å². The quantitative estimate of drug-likeness (QED) is 0.724. The molecule has 18 heavy (non-hydrogen) atoms. The molecule has 3 rings (SSSR count). The Balaban J connectivity index is 1.96. The van der Waals surface area contributed by atoms with Gasteiger partial charge in [0.15, 0.2) is 0 Å². The van der Waals surface area contributed by atoms with E-state index in [2.05, 4.69) is 11.2 Å². The molecule has 3 heteroatoms. The molecular formula is C15H23NO2. The highest BCUT2D eigenvalue weighted by Gasteiger charge is 2.48. The van der Waals surface area contributed by atoms with E-state index in [-0.39, 0.29) is 17.0 Å². The minimum absolute atomic E-state index is 0.0685. The van der Waals surface area contributed by atoms with Gasteiger partial charge in [-0.2, -0.15) is 0 Å². The van der Waals surface area contributed by atoms with E-state index < -0.39 is 5.60 Å². The Morgan fingerprint density at radius 3 is 2.06 bits per heavy atom. The number of amides is 1. The number of rotatable bonds is 1. The standard InChI is InChI=1S/C15H23NO2/c1-5-14-6-9-15(10-7-14,11-8-14)16-12(17)18-13(2,3)4/h1H,6-11H2,2-4H3,(H,16,17). The van der Waals surface area contributed by atoms with Gasteiger partial charge in [-0.25, -0.2) is 4.79 Å². The highest BCUT2D eigenvalue weighted by Crippen LogP contribution is 2.51. The summed E-state index contributed by atoms with van der Waals surface area (Å²) < 4.78 is 5.35. The van der Waals surface area contributed by atoms with Crippen molar-refractivity contribution in [2.24, 2.45) is 5.41 Å². The summed E-state index contributed by atoms with van der Waals surface area (Å²) in [4.78, 5) is 11.9. The average Bonchev–Trinajstić information content (AvgIpc) is 2.28. The van der Waals surface area contributed by atoms with Crippen LogP contribution < -0.4 is 5.32 Å². The number of fused-ring (bicyclic) bond motifs is 3. The summed E-state index contributed by atoms with van der Waals surface area (Å²) in [6.45, 7) is 5.65. The maximum atomic E-state index is 11.9. The summed E-state index contributed by atoms with van der Waals surface area (Å²) in [6.07, 6.45) is 11.4. The van der Waals surface area contributed by atoms with Gasteiger partial charge in [0, 0.05) is 11.0 Å². The number of alkyl carbamates (subject to hydrolysis) is 1. The second kappa shape index (κ2) is 4.19. The van der Waals surface area contributed by atoms with Crippen molar-refractivity contribution in [2.45, 2.75) is 70.4 Å². The largest absolute Gasteiger partial charge is 0.444 e. The first kappa shape index (κ1) is 13.3. The molecule has 0 saturated heterocycles. The summed E-state index contributed by atoms with van der Waals surface area (Å²) in [7, 11) is 0. The molecule has 3 aliphatic rings. The first-order valence-electron chi connectivity index (χ1n) is 6.77. The van der Waals surface area contributed by atoms with Gasteiger partial charge in [-0.3, -0.25) is 0 Å². The van der Waals surface area contributed by atoms with Crippen molar-refractivity contribution in [1.82, 2.24) is 5.32 Å². The molecule has 0 heterocycles. The molecule has 1 amide bonds. The predicted molar refractivity (Wildman–Crippen MR) is 71.1 cm³/mol. The maximum absolute atomic E-state index is 11.9. The molecule has 0 atom stereocenters. The molecule has 0 aromatic heterocycles. The zero-order valence-corrected chi connectivity index (χ0v) is 11.6. The van der Waals surface area contributed by atoms with Crippen molar-refractivity contribution in [2.75, 3.05) is 0 Å². The van der Waals surface area contributed by atoms with Gasteiger partial charge in [0.1, 0.15) is 5.60 Å². The molecule has 3 nitrogen and oxygen atoms in total. The molecule has 0 aliphatic heterocycles. The molecule has 3 aliphatic carbocycles. The Morgan fingerprint density at radius 2 is 1.67 bits per heavy atom. The van der Waals surface area contributed by atoms with Crippen molar-refractivity contribution < 1.29 is 9.53 Å². The Hall–Kier alpha value is -1.17. The lowest BCUT2D eigenvalue weighted by Crippen LogP contribution is -2.57. The molecule has 3 saturated carbocycles. The summed E-state index contributed by atoms with van der Waals surface area (Å²) in [6, 6.07) is 0. The third-order valence-corrected chi connectivity index (χ3v) is 4.32. The van der Waals surface area contributed by atoms with Crippen LogP contribution in [-0.2, 0) is 4.74 Å². The van der Waals surface area contributed by atoms with E-state index in [0.29, 0.717) is 0 Å². The van der Waals surface area contributed by atoms with Gasteiger partial charge in [0.2, 0.25) is 0 Å². The lowest BCUT2D eigenvalue weighted by Gasteiger charge is -2.51. The molecule has 3 fully saturated rings.